The quantitative estimate of drug-likeness (QED) is 0.599. The van der Waals surface area contributed by atoms with Gasteiger partial charge in [-0.05, 0) is 30.7 Å². The predicted molar refractivity (Wildman–Crippen MR) is 63.3 cm³/mol. The Bertz CT molecular complexity index is 335. The molecule has 4 heteroatoms. The minimum absolute atomic E-state index is 0.223. The molecule has 0 aliphatic carbocycles. The molecule has 0 bridgehead atoms. The van der Waals surface area contributed by atoms with E-state index in [0.29, 0.717) is 11.6 Å². The van der Waals surface area contributed by atoms with Gasteiger partial charge in [-0.15, -0.1) is 6.58 Å². The van der Waals surface area contributed by atoms with Crippen LogP contribution in [-0.2, 0) is 0 Å². The average Bonchev–Trinajstić information content (AvgIpc) is 2.22. The Morgan fingerprint density at radius 3 is 2.67 bits per heavy atom. The zero-order valence-corrected chi connectivity index (χ0v) is 9.05. The molecule has 0 atom stereocenters. The van der Waals surface area contributed by atoms with E-state index in [4.69, 9.17) is 11.6 Å². The maximum Gasteiger partial charge on any atom is 0.319 e. The molecular formula is C11H13ClN2O. The monoisotopic (exact) mass is 224 g/mol. The molecule has 2 N–H and O–H groups in total. The fraction of sp³-hybridized carbons (Fsp3) is 0.182. The van der Waals surface area contributed by atoms with E-state index in [-0.39, 0.29) is 6.03 Å². The number of benzene rings is 1. The minimum Gasteiger partial charge on any atom is -0.338 e. The van der Waals surface area contributed by atoms with Crippen molar-refractivity contribution in [3.63, 3.8) is 0 Å². The van der Waals surface area contributed by atoms with Crippen molar-refractivity contribution in [3.8, 4) is 0 Å². The molecule has 1 rings (SSSR count). The summed E-state index contributed by atoms with van der Waals surface area (Å²) in [6, 6.07) is 6.71. The standard InChI is InChI=1S/C11H13ClN2O/c1-2-3-8-13-11(15)14-10-6-4-9(12)5-7-10/h2,4-7H,1,3,8H2,(H2,13,14,15). The highest BCUT2D eigenvalue weighted by atomic mass is 35.5. The van der Waals surface area contributed by atoms with Gasteiger partial charge in [-0.3, -0.25) is 0 Å². The van der Waals surface area contributed by atoms with Crippen molar-refractivity contribution in [1.82, 2.24) is 5.32 Å². The van der Waals surface area contributed by atoms with Crippen LogP contribution in [0.3, 0.4) is 0 Å². The van der Waals surface area contributed by atoms with Crippen molar-refractivity contribution in [2.24, 2.45) is 0 Å². The Hall–Kier alpha value is -1.48. The van der Waals surface area contributed by atoms with Crippen LogP contribution in [0.15, 0.2) is 36.9 Å². The smallest absolute Gasteiger partial charge is 0.319 e. The summed E-state index contributed by atoms with van der Waals surface area (Å²) in [5.41, 5.74) is 0.718. The summed E-state index contributed by atoms with van der Waals surface area (Å²) >= 11 is 5.71. The third-order valence-corrected chi connectivity index (χ3v) is 1.99. The summed E-state index contributed by atoms with van der Waals surface area (Å²) in [6.07, 6.45) is 2.51. The minimum atomic E-state index is -0.223. The maximum atomic E-state index is 11.3. The molecule has 0 radical (unpaired) electrons. The van der Waals surface area contributed by atoms with Gasteiger partial charge in [-0.1, -0.05) is 17.7 Å². The average molecular weight is 225 g/mol. The second-order valence-electron chi connectivity index (χ2n) is 2.97. The summed E-state index contributed by atoms with van der Waals surface area (Å²) in [7, 11) is 0. The molecular weight excluding hydrogens is 212 g/mol. The molecule has 1 aromatic rings. The molecule has 0 unspecified atom stereocenters. The molecule has 1 aromatic carbocycles. The first-order valence-corrected chi connectivity index (χ1v) is 5.01. The Morgan fingerprint density at radius 1 is 1.40 bits per heavy atom. The van der Waals surface area contributed by atoms with Gasteiger partial charge in [0.05, 0.1) is 0 Å². The first kappa shape index (κ1) is 11.6. The Balaban J connectivity index is 2.37. The third-order valence-electron chi connectivity index (χ3n) is 1.74. The van der Waals surface area contributed by atoms with Gasteiger partial charge in [-0.25, -0.2) is 4.79 Å². The molecule has 0 saturated carbocycles. The highest BCUT2D eigenvalue weighted by molar-refractivity contribution is 6.30. The van der Waals surface area contributed by atoms with Crippen molar-refractivity contribution in [2.75, 3.05) is 11.9 Å². The number of carbonyl (C=O) groups is 1. The second-order valence-corrected chi connectivity index (χ2v) is 3.40. The van der Waals surface area contributed by atoms with Gasteiger partial charge in [0.1, 0.15) is 0 Å². The molecule has 0 aliphatic heterocycles. The lowest BCUT2D eigenvalue weighted by molar-refractivity contribution is 0.252. The highest BCUT2D eigenvalue weighted by Gasteiger charge is 1.99. The highest BCUT2D eigenvalue weighted by Crippen LogP contribution is 2.12. The van der Waals surface area contributed by atoms with Gasteiger partial charge in [-0.2, -0.15) is 0 Å². The molecule has 80 valence electrons. The van der Waals surface area contributed by atoms with Crippen LogP contribution >= 0.6 is 11.6 Å². The number of hydrogen-bond acceptors (Lipinski definition) is 1. The van der Waals surface area contributed by atoms with Gasteiger partial charge in [0, 0.05) is 17.3 Å². The van der Waals surface area contributed by atoms with Gasteiger partial charge >= 0.3 is 6.03 Å². The van der Waals surface area contributed by atoms with Gasteiger partial charge in [0.2, 0.25) is 0 Å². The van der Waals surface area contributed by atoms with E-state index in [1.54, 1.807) is 30.3 Å². The Labute approximate surface area is 94.1 Å². The molecule has 15 heavy (non-hydrogen) atoms. The number of rotatable bonds is 4. The van der Waals surface area contributed by atoms with Crippen molar-refractivity contribution < 1.29 is 4.79 Å². The van der Waals surface area contributed by atoms with Gasteiger partial charge in [0.15, 0.2) is 0 Å². The van der Waals surface area contributed by atoms with Crippen molar-refractivity contribution in [3.05, 3.63) is 41.9 Å². The van der Waals surface area contributed by atoms with E-state index in [9.17, 15) is 4.79 Å². The molecule has 0 fully saturated rings. The van der Waals surface area contributed by atoms with Crippen LogP contribution < -0.4 is 10.6 Å². The summed E-state index contributed by atoms with van der Waals surface area (Å²) < 4.78 is 0. The topological polar surface area (TPSA) is 41.1 Å². The Morgan fingerprint density at radius 2 is 2.07 bits per heavy atom. The van der Waals surface area contributed by atoms with Crippen LogP contribution in [0.1, 0.15) is 6.42 Å². The summed E-state index contributed by atoms with van der Waals surface area (Å²) in [6.45, 7) is 4.15. The number of amides is 2. The van der Waals surface area contributed by atoms with E-state index in [1.165, 1.54) is 0 Å². The van der Waals surface area contributed by atoms with Gasteiger partial charge < -0.3 is 10.6 Å². The lowest BCUT2D eigenvalue weighted by Crippen LogP contribution is -2.29. The number of hydrogen-bond donors (Lipinski definition) is 2. The maximum absolute atomic E-state index is 11.3. The molecule has 0 aromatic heterocycles. The van der Waals surface area contributed by atoms with E-state index >= 15 is 0 Å². The summed E-state index contributed by atoms with van der Waals surface area (Å²) in [5, 5.41) is 6.02. The van der Waals surface area contributed by atoms with Crippen LogP contribution in [0, 0.1) is 0 Å². The van der Waals surface area contributed by atoms with Gasteiger partial charge in [0.25, 0.3) is 0 Å². The Kier molecular flexibility index (Phi) is 4.71. The lowest BCUT2D eigenvalue weighted by atomic mass is 10.3. The second kappa shape index (κ2) is 6.09. The first-order valence-electron chi connectivity index (χ1n) is 4.63. The number of carbonyl (C=O) groups excluding carboxylic acids is 1. The van der Waals surface area contributed by atoms with Crippen LogP contribution in [0.2, 0.25) is 5.02 Å². The summed E-state index contributed by atoms with van der Waals surface area (Å²) in [5.74, 6) is 0. The zero-order chi connectivity index (χ0) is 11.1. The normalized spacial score (nSPS) is 9.40. The third kappa shape index (κ3) is 4.51. The molecule has 3 nitrogen and oxygen atoms in total. The van der Waals surface area contributed by atoms with E-state index in [2.05, 4.69) is 17.2 Å². The van der Waals surface area contributed by atoms with E-state index in [1.807, 2.05) is 0 Å². The van der Waals surface area contributed by atoms with E-state index in [0.717, 1.165) is 12.1 Å². The zero-order valence-electron chi connectivity index (χ0n) is 8.29. The number of halogens is 1. The van der Waals surface area contributed by atoms with Crippen LogP contribution in [0.25, 0.3) is 0 Å². The van der Waals surface area contributed by atoms with E-state index < -0.39 is 0 Å². The molecule has 0 spiro atoms. The molecule has 2 amide bonds. The number of urea groups is 1. The van der Waals surface area contributed by atoms with Crippen molar-refractivity contribution in [1.29, 1.82) is 0 Å². The predicted octanol–water partition coefficient (Wildman–Crippen LogP) is 3.04. The van der Waals surface area contributed by atoms with Crippen LogP contribution in [0.5, 0.6) is 0 Å². The molecule has 0 aliphatic rings. The fourth-order valence-electron chi connectivity index (χ4n) is 0.996. The fourth-order valence-corrected chi connectivity index (χ4v) is 1.12. The molecule has 0 heterocycles. The van der Waals surface area contributed by atoms with Crippen molar-refractivity contribution in [2.45, 2.75) is 6.42 Å². The molecule has 0 saturated heterocycles. The first-order chi connectivity index (χ1) is 7.22. The largest absolute Gasteiger partial charge is 0.338 e. The SMILES string of the molecule is C=CCCNC(=O)Nc1ccc(Cl)cc1. The van der Waals surface area contributed by atoms with Crippen LogP contribution in [0.4, 0.5) is 10.5 Å². The number of nitrogens with one attached hydrogen (secondary N) is 2. The summed E-state index contributed by atoms with van der Waals surface area (Å²) in [4.78, 5) is 11.3. The van der Waals surface area contributed by atoms with Crippen LogP contribution in [-0.4, -0.2) is 12.6 Å². The lowest BCUT2D eigenvalue weighted by Gasteiger charge is -2.06. The number of anilines is 1. The van der Waals surface area contributed by atoms with Crippen molar-refractivity contribution >= 4 is 23.3 Å².